The molecule has 0 bridgehead atoms. The Morgan fingerprint density at radius 1 is 1.31 bits per heavy atom. The van der Waals surface area contributed by atoms with Gasteiger partial charge in [-0.25, -0.2) is 0 Å². The Bertz CT molecular complexity index is 1050. The van der Waals surface area contributed by atoms with E-state index in [1.54, 1.807) is 22.3 Å². The Balaban J connectivity index is 1.43. The van der Waals surface area contributed by atoms with Gasteiger partial charge >= 0.3 is 0 Å². The zero-order chi connectivity index (χ0) is 22.7. The highest BCUT2D eigenvalue weighted by atomic mass is 32.1. The molecule has 1 atom stereocenters. The van der Waals surface area contributed by atoms with Gasteiger partial charge < -0.3 is 15.1 Å². The first-order valence-electron chi connectivity index (χ1n) is 11.0. The molecule has 0 saturated carbocycles. The Kier molecular flexibility index (Phi) is 6.69. The van der Waals surface area contributed by atoms with Gasteiger partial charge in [0.05, 0.1) is 0 Å². The molecule has 7 nitrogen and oxygen atoms in total. The van der Waals surface area contributed by atoms with Crippen LogP contribution in [0.2, 0.25) is 0 Å². The van der Waals surface area contributed by atoms with Gasteiger partial charge in [0.1, 0.15) is 6.04 Å². The van der Waals surface area contributed by atoms with E-state index in [2.05, 4.69) is 10.3 Å². The highest BCUT2D eigenvalue weighted by molar-refractivity contribution is 7.10. The lowest BCUT2D eigenvalue weighted by Gasteiger charge is -2.34. The highest BCUT2D eigenvalue weighted by Gasteiger charge is 2.36. The van der Waals surface area contributed by atoms with Crippen molar-refractivity contribution in [3.8, 4) is 0 Å². The standard InChI is InChI=1S/C24H28N4O3S/c1-16-21(14-26-23(30)8-7-19-5-4-12-32-19)20-9-11-27(15-18(20)13-25-16)24(31)22-6-3-10-28(22)17(2)29/h4-5,7-8,12-13,22H,3,6,9-11,14-15H2,1-2H3,(H,26,30)/b8-7+/t22-/m0/s1. The maximum absolute atomic E-state index is 13.1. The van der Waals surface area contributed by atoms with Crippen LogP contribution in [0.5, 0.6) is 0 Å². The van der Waals surface area contributed by atoms with Crippen LogP contribution in [0.15, 0.2) is 29.8 Å². The number of rotatable bonds is 5. The van der Waals surface area contributed by atoms with E-state index in [1.807, 2.05) is 41.6 Å². The molecule has 4 heterocycles. The topological polar surface area (TPSA) is 82.6 Å². The summed E-state index contributed by atoms with van der Waals surface area (Å²) in [6, 6.07) is 3.57. The van der Waals surface area contributed by atoms with E-state index in [9.17, 15) is 14.4 Å². The Hall–Kier alpha value is -3.00. The maximum Gasteiger partial charge on any atom is 0.245 e. The monoisotopic (exact) mass is 452 g/mol. The van der Waals surface area contributed by atoms with Crippen LogP contribution < -0.4 is 5.32 Å². The number of carbonyl (C=O) groups excluding carboxylic acids is 3. The van der Waals surface area contributed by atoms with Gasteiger partial charge in [0, 0.05) is 55.9 Å². The first-order valence-corrected chi connectivity index (χ1v) is 11.8. The lowest BCUT2D eigenvalue weighted by molar-refractivity contribution is -0.143. The van der Waals surface area contributed by atoms with Gasteiger partial charge in [0.15, 0.2) is 0 Å². The van der Waals surface area contributed by atoms with E-state index < -0.39 is 0 Å². The molecule has 1 fully saturated rings. The molecule has 32 heavy (non-hydrogen) atoms. The number of aromatic nitrogens is 1. The summed E-state index contributed by atoms with van der Waals surface area (Å²) < 4.78 is 0. The summed E-state index contributed by atoms with van der Waals surface area (Å²) >= 11 is 1.58. The zero-order valence-corrected chi connectivity index (χ0v) is 19.3. The molecule has 1 saturated heterocycles. The number of pyridine rings is 1. The van der Waals surface area contributed by atoms with Crippen molar-refractivity contribution in [2.24, 2.45) is 0 Å². The molecule has 1 N–H and O–H groups in total. The van der Waals surface area contributed by atoms with Crippen molar-refractivity contribution in [2.75, 3.05) is 13.1 Å². The molecular formula is C24H28N4O3S. The number of hydrogen-bond acceptors (Lipinski definition) is 5. The average Bonchev–Trinajstić information content (AvgIpc) is 3.48. The molecule has 0 aromatic carbocycles. The van der Waals surface area contributed by atoms with Crippen molar-refractivity contribution >= 4 is 35.1 Å². The molecule has 4 rings (SSSR count). The van der Waals surface area contributed by atoms with Crippen LogP contribution in [0, 0.1) is 6.92 Å². The van der Waals surface area contributed by atoms with Crippen molar-refractivity contribution in [1.82, 2.24) is 20.1 Å². The van der Waals surface area contributed by atoms with E-state index >= 15 is 0 Å². The van der Waals surface area contributed by atoms with Crippen LogP contribution in [-0.2, 0) is 33.9 Å². The first-order chi connectivity index (χ1) is 15.4. The maximum atomic E-state index is 13.1. The van der Waals surface area contributed by atoms with Crippen LogP contribution in [0.25, 0.3) is 6.08 Å². The molecule has 0 unspecified atom stereocenters. The van der Waals surface area contributed by atoms with E-state index in [0.29, 0.717) is 32.6 Å². The molecule has 2 aliphatic rings. The van der Waals surface area contributed by atoms with Crippen molar-refractivity contribution in [3.05, 3.63) is 57.0 Å². The molecule has 2 aromatic rings. The normalized spacial score (nSPS) is 18.1. The zero-order valence-electron chi connectivity index (χ0n) is 18.5. The number of carbonyl (C=O) groups is 3. The smallest absolute Gasteiger partial charge is 0.245 e. The van der Waals surface area contributed by atoms with Gasteiger partial charge in [-0.1, -0.05) is 6.07 Å². The minimum absolute atomic E-state index is 0.0255. The van der Waals surface area contributed by atoms with Crippen LogP contribution in [-0.4, -0.2) is 51.6 Å². The third kappa shape index (κ3) is 4.75. The van der Waals surface area contributed by atoms with Crippen LogP contribution in [0.4, 0.5) is 0 Å². The summed E-state index contributed by atoms with van der Waals surface area (Å²) in [5.74, 6) is -0.159. The van der Waals surface area contributed by atoms with Gasteiger partial charge in [-0.05, 0) is 60.4 Å². The fourth-order valence-corrected chi connectivity index (χ4v) is 5.15. The summed E-state index contributed by atoms with van der Waals surface area (Å²) in [6.07, 6.45) is 7.50. The fourth-order valence-electron chi connectivity index (χ4n) is 4.53. The molecule has 168 valence electrons. The lowest BCUT2D eigenvalue weighted by Crippen LogP contribution is -2.48. The molecule has 2 aromatic heterocycles. The quantitative estimate of drug-likeness (QED) is 0.707. The van der Waals surface area contributed by atoms with E-state index in [0.717, 1.165) is 34.5 Å². The average molecular weight is 453 g/mol. The van der Waals surface area contributed by atoms with E-state index in [1.165, 1.54) is 12.5 Å². The SMILES string of the molecule is CC(=O)N1CCC[C@H]1C(=O)N1CCc2c(cnc(C)c2CNC(=O)/C=C/c2cccs2)C1. The van der Waals surface area contributed by atoms with Crippen LogP contribution in [0.3, 0.4) is 0 Å². The predicted molar refractivity (Wildman–Crippen MR) is 124 cm³/mol. The number of fused-ring (bicyclic) bond motifs is 1. The van der Waals surface area contributed by atoms with Gasteiger partial charge in [0.25, 0.3) is 0 Å². The van der Waals surface area contributed by atoms with Crippen molar-refractivity contribution in [3.63, 3.8) is 0 Å². The number of hydrogen-bond donors (Lipinski definition) is 1. The van der Waals surface area contributed by atoms with Gasteiger partial charge in [-0.2, -0.15) is 0 Å². The summed E-state index contributed by atoms with van der Waals surface area (Å²) in [4.78, 5) is 46.3. The summed E-state index contributed by atoms with van der Waals surface area (Å²) in [6.45, 7) is 5.63. The number of amides is 3. The van der Waals surface area contributed by atoms with Crippen molar-refractivity contribution < 1.29 is 14.4 Å². The largest absolute Gasteiger partial charge is 0.348 e. The van der Waals surface area contributed by atoms with Crippen molar-refractivity contribution in [1.29, 1.82) is 0 Å². The van der Waals surface area contributed by atoms with Gasteiger partial charge in [-0.3, -0.25) is 19.4 Å². The fraction of sp³-hybridized carbons (Fsp3) is 0.417. The third-order valence-electron chi connectivity index (χ3n) is 6.23. The lowest BCUT2D eigenvalue weighted by atomic mass is 9.94. The first kappa shape index (κ1) is 22.2. The Labute approximate surface area is 192 Å². The molecule has 0 radical (unpaired) electrons. The highest BCUT2D eigenvalue weighted by Crippen LogP contribution is 2.27. The molecule has 0 spiro atoms. The second-order valence-electron chi connectivity index (χ2n) is 8.27. The Morgan fingerprint density at radius 3 is 2.91 bits per heavy atom. The minimum Gasteiger partial charge on any atom is -0.348 e. The van der Waals surface area contributed by atoms with Gasteiger partial charge in [0.2, 0.25) is 17.7 Å². The van der Waals surface area contributed by atoms with Crippen LogP contribution >= 0.6 is 11.3 Å². The Morgan fingerprint density at radius 2 is 2.16 bits per heavy atom. The number of thiophene rings is 1. The molecular weight excluding hydrogens is 424 g/mol. The predicted octanol–water partition coefficient (Wildman–Crippen LogP) is 2.68. The number of nitrogens with one attached hydrogen (secondary N) is 1. The molecule has 8 heteroatoms. The third-order valence-corrected chi connectivity index (χ3v) is 7.07. The minimum atomic E-state index is -0.346. The summed E-state index contributed by atoms with van der Waals surface area (Å²) in [5, 5.41) is 4.94. The van der Waals surface area contributed by atoms with E-state index in [-0.39, 0.29) is 23.8 Å². The van der Waals surface area contributed by atoms with Crippen molar-refractivity contribution in [2.45, 2.75) is 52.2 Å². The number of nitrogens with zero attached hydrogens (tertiary/aromatic N) is 3. The molecule has 2 aliphatic heterocycles. The molecule has 0 aliphatic carbocycles. The second kappa shape index (κ2) is 9.65. The summed E-state index contributed by atoms with van der Waals surface area (Å²) in [7, 11) is 0. The molecule has 3 amide bonds. The number of likely N-dealkylation sites (tertiary alicyclic amines) is 1. The van der Waals surface area contributed by atoms with Gasteiger partial charge in [-0.15, -0.1) is 11.3 Å². The van der Waals surface area contributed by atoms with Crippen LogP contribution in [0.1, 0.15) is 47.0 Å². The summed E-state index contributed by atoms with van der Waals surface area (Å²) in [5.41, 5.74) is 4.10. The second-order valence-corrected chi connectivity index (χ2v) is 9.25. The van der Waals surface area contributed by atoms with E-state index in [4.69, 9.17) is 0 Å². The number of aryl methyl sites for hydroxylation is 1.